The van der Waals surface area contributed by atoms with Crippen molar-refractivity contribution in [3.63, 3.8) is 0 Å². The van der Waals surface area contributed by atoms with Crippen LogP contribution in [0.5, 0.6) is 5.75 Å². The van der Waals surface area contributed by atoms with E-state index in [0.717, 1.165) is 5.69 Å². The molecule has 0 spiro atoms. The molecule has 27 heavy (non-hydrogen) atoms. The standard InChI is InChI=1S/C18H14N4O3S2/c1-21-13-4-2-3-5-14(13)25-17(21)15-16(24)22(18(26)27-15)12-8-6-11(7-9-12)20-19-10-23/h2-10,20H,1H3,(H,19,23). The molecule has 7 nitrogen and oxygen atoms in total. The first-order valence-electron chi connectivity index (χ1n) is 7.96. The van der Waals surface area contributed by atoms with Crippen molar-refractivity contribution in [3.8, 4) is 5.75 Å². The van der Waals surface area contributed by atoms with Crippen molar-refractivity contribution in [1.82, 2.24) is 5.43 Å². The van der Waals surface area contributed by atoms with Gasteiger partial charge < -0.3 is 9.64 Å². The summed E-state index contributed by atoms with van der Waals surface area (Å²) in [6.45, 7) is 0. The molecule has 0 saturated carbocycles. The second-order valence-corrected chi connectivity index (χ2v) is 7.35. The van der Waals surface area contributed by atoms with Crippen LogP contribution in [0.3, 0.4) is 0 Å². The van der Waals surface area contributed by atoms with Crippen LogP contribution in [-0.2, 0) is 9.59 Å². The van der Waals surface area contributed by atoms with Crippen molar-refractivity contribution in [1.29, 1.82) is 0 Å². The first-order valence-corrected chi connectivity index (χ1v) is 9.19. The van der Waals surface area contributed by atoms with Gasteiger partial charge in [-0.2, -0.15) is 0 Å². The fraction of sp³-hybridized carbons (Fsp3) is 0.0556. The molecular weight excluding hydrogens is 384 g/mol. The van der Waals surface area contributed by atoms with Crippen molar-refractivity contribution in [2.45, 2.75) is 0 Å². The number of benzene rings is 2. The van der Waals surface area contributed by atoms with Crippen molar-refractivity contribution in [3.05, 3.63) is 59.3 Å². The van der Waals surface area contributed by atoms with Gasteiger partial charge in [-0.25, -0.2) is 0 Å². The van der Waals surface area contributed by atoms with E-state index in [-0.39, 0.29) is 5.91 Å². The van der Waals surface area contributed by atoms with Gasteiger partial charge in [0.2, 0.25) is 12.3 Å². The molecule has 4 rings (SSSR count). The van der Waals surface area contributed by atoms with Gasteiger partial charge >= 0.3 is 0 Å². The lowest BCUT2D eigenvalue weighted by atomic mass is 10.2. The summed E-state index contributed by atoms with van der Waals surface area (Å²) < 4.78 is 6.33. The highest BCUT2D eigenvalue weighted by molar-refractivity contribution is 8.27. The number of hydrazine groups is 1. The number of hydrogen-bond donors (Lipinski definition) is 2. The minimum Gasteiger partial charge on any atom is -0.437 e. The molecular formula is C18H14N4O3S2. The lowest BCUT2D eigenvalue weighted by Gasteiger charge is -2.16. The summed E-state index contributed by atoms with van der Waals surface area (Å²) in [6, 6.07) is 14.6. The van der Waals surface area contributed by atoms with Gasteiger partial charge in [-0.15, -0.1) is 0 Å². The molecule has 2 aliphatic heterocycles. The fourth-order valence-electron chi connectivity index (χ4n) is 2.83. The lowest BCUT2D eigenvalue weighted by Crippen LogP contribution is -2.29. The van der Waals surface area contributed by atoms with Crippen LogP contribution < -0.4 is 25.4 Å². The molecule has 0 bridgehead atoms. The average molecular weight is 398 g/mol. The Hall–Kier alpha value is -3.04. The highest BCUT2D eigenvalue weighted by atomic mass is 32.2. The quantitative estimate of drug-likeness (QED) is 0.355. The SMILES string of the molecule is CN1C(=C2SC(=S)N(c3ccc(NNC=O)cc3)C2=O)Oc2ccccc21. The van der Waals surface area contributed by atoms with Crippen molar-refractivity contribution in [2.24, 2.45) is 0 Å². The number of ether oxygens (including phenoxy) is 1. The van der Waals surface area contributed by atoms with Gasteiger partial charge in [-0.05, 0) is 48.2 Å². The van der Waals surface area contributed by atoms with E-state index in [1.54, 1.807) is 24.3 Å². The Labute approximate surface area is 164 Å². The summed E-state index contributed by atoms with van der Waals surface area (Å²) in [5.41, 5.74) is 7.29. The molecule has 0 aromatic heterocycles. The van der Waals surface area contributed by atoms with E-state index < -0.39 is 0 Å². The summed E-state index contributed by atoms with van der Waals surface area (Å²) in [4.78, 5) is 27.1. The number of para-hydroxylation sites is 2. The first-order chi connectivity index (χ1) is 13.1. The number of rotatable bonds is 4. The number of nitrogens with zero attached hydrogens (tertiary/aromatic N) is 2. The minimum atomic E-state index is -0.230. The van der Waals surface area contributed by atoms with E-state index in [2.05, 4.69) is 10.9 Å². The number of fused-ring (bicyclic) bond motifs is 1. The Morgan fingerprint density at radius 2 is 1.89 bits per heavy atom. The zero-order valence-electron chi connectivity index (χ0n) is 14.1. The Kier molecular flexibility index (Phi) is 4.46. The predicted octanol–water partition coefficient (Wildman–Crippen LogP) is 2.82. The third-order valence-electron chi connectivity index (χ3n) is 4.10. The molecule has 0 unspecified atom stereocenters. The molecule has 2 aromatic carbocycles. The molecule has 9 heteroatoms. The minimum absolute atomic E-state index is 0.230. The third kappa shape index (κ3) is 3.00. The molecule has 1 fully saturated rings. The zero-order valence-corrected chi connectivity index (χ0v) is 15.8. The third-order valence-corrected chi connectivity index (χ3v) is 5.45. The smallest absolute Gasteiger partial charge is 0.276 e. The molecule has 2 N–H and O–H groups in total. The molecule has 2 amide bonds. The van der Waals surface area contributed by atoms with Crippen LogP contribution in [-0.4, -0.2) is 23.7 Å². The number of thioether (sulfide) groups is 1. The average Bonchev–Trinajstić information content (AvgIpc) is 3.17. The van der Waals surface area contributed by atoms with E-state index in [1.165, 1.54) is 16.7 Å². The summed E-state index contributed by atoms with van der Waals surface area (Å²) in [7, 11) is 1.86. The van der Waals surface area contributed by atoms with Crippen LogP contribution in [0.2, 0.25) is 0 Å². The number of carbonyl (C=O) groups is 2. The van der Waals surface area contributed by atoms with Gasteiger partial charge in [0.15, 0.2) is 10.1 Å². The van der Waals surface area contributed by atoms with Crippen LogP contribution in [0.25, 0.3) is 0 Å². The predicted molar refractivity (Wildman–Crippen MR) is 109 cm³/mol. The van der Waals surface area contributed by atoms with Gasteiger partial charge in [0.25, 0.3) is 5.91 Å². The van der Waals surface area contributed by atoms with E-state index >= 15 is 0 Å². The van der Waals surface area contributed by atoms with E-state index in [1.807, 2.05) is 36.2 Å². The van der Waals surface area contributed by atoms with Crippen molar-refractivity contribution >= 4 is 57.7 Å². The Morgan fingerprint density at radius 1 is 1.15 bits per heavy atom. The largest absolute Gasteiger partial charge is 0.437 e. The Balaban J connectivity index is 1.62. The lowest BCUT2D eigenvalue weighted by molar-refractivity contribution is -0.113. The maximum atomic E-state index is 13.0. The monoisotopic (exact) mass is 398 g/mol. The number of thiocarbonyl (C=S) groups is 1. The van der Waals surface area contributed by atoms with Gasteiger partial charge in [0, 0.05) is 7.05 Å². The maximum absolute atomic E-state index is 13.0. The molecule has 136 valence electrons. The van der Waals surface area contributed by atoms with Crippen molar-refractivity contribution < 1.29 is 14.3 Å². The van der Waals surface area contributed by atoms with Crippen LogP contribution in [0, 0.1) is 0 Å². The summed E-state index contributed by atoms with van der Waals surface area (Å²) in [6.07, 6.45) is 0.540. The molecule has 2 aromatic rings. The topological polar surface area (TPSA) is 73.9 Å². The van der Waals surface area contributed by atoms with Crippen LogP contribution in [0.1, 0.15) is 0 Å². The van der Waals surface area contributed by atoms with E-state index in [9.17, 15) is 9.59 Å². The van der Waals surface area contributed by atoms with Gasteiger partial charge in [0.05, 0.1) is 17.1 Å². The summed E-state index contributed by atoms with van der Waals surface area (Å²) in [5, 5.41) is 0. The highest BCUT2D eigenvalue weighted by Gasteiger charge is 2.40. The highest BCUT2D eigenvalue weighted by Crippen LogP contribution is 2.44. The number of hydrogen-bond acceptors (Lipinski definition) is 7. The first kappa shape index (κ1) is 17.4. The molecule has 2 aliphatic rings. The summed E-state index contributed by atoms with van der Waals surface area (Å²) in [5.74, 6) is 0.953. The number of anilines is 3. The van der Waals surface area contributed by atoms with Gasteiger partial charge in [-0.1, -0.05) is 24.4 Å². The van der Waals surface area contributed by atoms with E-state index in [4.69, 9.17) is 17.0 Å². The molecule has 0 atom stereocenters. The fourth-order valence-corrected chi connectivity index (χ4v) is 4.16. The van der Waals surface area contributed by atoms with Gasteiger partial charge in [-0.3, -0.25) is 25.3 Å². The van der Waals surface area contributed by atoms with Crippen molar-refractivity contribution in [2.75, 3.05) is 22.3 Å². The maximum Gasteiger partial charge on any atom is 0.276 e. The second kappa shape index (κ2) is 6.93. The number of nitrogens with one attached hydrogen (secondary N) is 2. The van der Waals surface area contributed by atoms with Gasteiger partial charge in [0.1, 0.15) is 4.91 Å². The van der Waals surface area contributed by atoms with Crippen LogP contribution in [0.4, 0.5) is 17.1 Å². The zero-order chi connectivity index (χ0) is 19.0. The Morgan fingerprint density at radius 3 is 2.59 bits per heavy atom. The Bertz CT molecular complexity index is 975. The number of amides is 2. The van der Waals surface area contributed by atoms with Crippen LogP contribution in [0.15, 0.2) is 59.3 Å². The number of carbonyl (C=O) groups excluding carboxylic acids is 2. The summed E-state index contributed by atoms with van der Waals surface area (Å²) >= 11 is 6.64. The van der Waals surface area contributed by atoms with E-state index in [0.29, 0.717) is 38.6 Å². The molecule has 2 heterocycles. The normalized spacial score (nSPS) is 18.4. The molecule has 0 aliphatic carbocycles. The second-order valence-electron chi connectivity index (χ2n) is 5.71. The molecule has 1 saturated heterocycles. The molecule has 0 radical (unpaired) electrons. The van der Waals surface area contributed by atoms with Crippen LogP contribution >= 0.6 is 24.0 Å².